The van der Waals surface area contributed by atoms with Gasteiger partial charge in [-0.05, 0) is 43.7 Å². The highest BCUT2D eigenvalue weighted by Gasteiger charge is 2.30. The normalized spacial score (nSPS) is 13.4. The van der Waals surface area contributed by atoms with Crippen molar-refractivity contribution >= 4 is 5.96 Å². The molecule has 0 saturated carbocycles. The van der Waals surface area contributed by atoms with Crippen LogP contribution in [0.4, 0.5) is 13.2 Å². The molecule has 0 radical (unpaired) electrons. The van der Waals surface area contributed by atoms with E-state index in [1.807, 2.05) is 20.0 Å². The van der Waals surface area contributed by atoms with Gasteiger partial charge in [-0.25, -0.2) is 4.98 Å². The number of rotatable bonds is 9. The number of alkyl halides is 3. The number of aromatic nitrogens is 2. The molecule has 0 amide bonds. The highest BCUT2D eigenvalue weighted by molar-refractivity contribution is 5.79. The van der Waals surface area contributed by atoms with E-state index < -0.39 is 11.7 Å². The molecule has 0 spiro atoms. The predicted octanol–water partition coefficient (Wildman–Crippen LogP) is 4.35. The third-order valence-corrected chi connectivity index (χ3v) is 4.92. The third-order valence-electron chi connectivity index (χ3n) is 4.92. The number of hydrogen-bond acceptors (Lipinski definition) is 2. The molecular formula is C21H30F3N5. The first-order chi connectivity index (χ1) is 13.8. The van der Waals surface area contributed by atoms with E-state index in [0.29, 0.717) is 24.5 Å². The molecule has 29 heavy (non-hydrogen) atoms. The van der Waals surface area contributed by atoms with E-state index in [9.17, 15) is 13.2 Å². The Labute approximate surface area is 170 Å². The van der Waals surface area contributed by atoms with Crippen LogP contribution in [0, 0.1) is 6.92 Å². The van der Waals surface area contributed by atoms with Crippen LogP contribution >= 0.6 is 0 Å². The van der Waals surface area contributed by atoms with Crippen LogP contribution < -0.4 is 10.6 Å². The van der Waals surface area contributed by atoms with Gasteiger partial charge in [-0.15, -0.1) is 0 Å². The first-order valence-electron chi connectivity index (χ1n) is 9.90. The molecule has 1 aromatic heterocycles. The van der Waals surface area contributed by atoms with Crippen molar-refractivity contribution in [3.63, 3.8) is 0 Å². The highest BCUT2D eigenvalue weighted by atomic mass is 19.4. The lowest BCUT2D eigenvalue weighted by Gasteiger charge is -2.16. The van der Waals surface area contributed by atoms with E-state index in [0.717, 1.165) is 37.8 Å². The van der Waals surface area contributed by atoms with Gasteiger partial charge in [-0.1, -0.05) is 25.1 Å². The van der Waals surface area contributed by atoms with Gasteiger partial charge in [-0.2, -0.15) is 13.2 Å². The van der Waals surface area contributed by atoms with Crippen LogP contribution in [0.1, 0.15) is 49.1 Å². The Balaban J connectivity index is 1.68. The molecule has 2 aromatic rings. The van der Waals surface area contributed by atoms with Gasteiger partial charge in [0.1, 0.15) is 5.82 Å². The Morgan fingerprint density at radius 3 is 2.62 bits per heavy atom. The average Bonchev–Trinajstić information content (AvgIpc) is 3.10. The zero-order valence-corrected chi connectivity index (χ0v) is 17.3. The maximum Gasteiger partial charge on any atom is 0.416 e. The molecule has 0 fully saturated rings. The van der Waals surface area contributed by atoms with Gasteiger partial charge in [0.05, 0.1) is 5.56 Å². The van der Waals surface area contributed by atoms with E-state index in [2.05, 4.69) is 25.2 Å². The standard InChI is InChI=1S/C21H30F3N5/c1-16(18-7-6-8-19(15-18)21(22,23)24)9-11-28-20(25-3)27-10-4-5-13-29-14-12-26-17(29)2/h6-8,12,14-16H,4-5,9-11,13H2,1-3H3,(H2,25,27,28). The minimum atomic E-state index is -4.31. The second kappa shape index (κ2) is 10.9. The second-order valence-corrected chi connectivity index (χ2v) is 7.11. The molecule has 1 heterocycles. The van der Waals surface area contributed by atoms with Gasteiger partial charge >= 0.3 is 6.18 Å². The van der Waals surface area contributed by atoms with Crippen molar-refractivity contribution in [2.45, 2.75) is 51.7 Å². The summed E-state index contributed by atoms with van der Waals surface area (Å²) in [5, 5.41) is 6.50. The van der Waals surface area contributed by atoms with E-state index in [1.54, 1.807) is 19.3 Å². The monoisotopic (exact) mass is 409 g/mol. The third kappa shape index (κ3) is 7.44. The predicted molar refractivity (Wildman–Crippen MR) is 110 cm³/mol. The Morgan fingerprint density at radius 2 is 1.97 bits per heavy atom. The van der Waals surface area contributed by atoms with Gasteiger partial charge in [0, 0.05) is 39.1 Å². The fourth-order valence-electron chi connectivity index (χ4n) is 3.07. The number of aryl methyl sites for hydroxylation is 2. The number of nitrogens with zero attached hydrogens (tertiary/aromatic N) is 3. The molecule has 1 unspecified atom stereocenters. The lowest BCUT2D eigenvalue weighted by atomic mass is 9.96. The van der Waals surface area contributed by atoms with Crippen LogP contribution in [0.15, 0.2) is 41.7 Å². The topological polar surface area (TPSA) is 54.2 Å². The Kier molecular flexibility index (Phi) is 8.54. The summed E-state index contributed by atoms with van der Waals surface area (Å²) in [5.74, 6) is 1.74. The van der Waals surface area contributed by atoms with Crippen LogP contribution in [0.5, 0.6) is 0 Å². The zero-order chi connectivity index (χ0) is 21.3. The van der Waals surface area contributed by atoms with Crippen LogP contribution in [0.2, 0.25) is 0 Å². The van der Waals surface area contributed by atoms with E-state index >= 15 is 0 Å². The van der Waals surface area contributed by atoms with Gasteiger partial charge < -0.3 is 15.2 Å². The summed E-state index contributed by atoms with van der Waals surface area (Å²) in [6, 6.07) is 5.55. The summed E-state index contributed by atoms with van der Waals surface area (Å²) >= 11 is 0. The number of halogens is 3. The fourth-order valence-corrected chi connectivity index (χ4v) is 3.07. The number of hydrogen-bond donors (Lipinski definition) is 2. The molecule has 1 aromatic carbocycles. The Morgan fingerprint density at radius 1 is 1.21 bits per heavy atom. The largest absolute Gasteiger partial charge is 0.416 e. The van der Waals surface area contributed by atoms with Crippen LogP contribution in [0.3, 0.4) is 0 Å². The van der Waals surface area contributed by atoms with Crippen molar-refractivity contribution in [3.05, 3.63) is 53.6 Å². The number of guanidine groups is 1. The van der Waals surface area contributed by atoms with Crippen LogP contribution in [-0.4, -0.2) is 35.6 Å². The minimum Gasteiger partial charge on any atom is -0.356 e. The van der Waals surface area contributed by atoms with E-state index in [1.165, 1.54) is 12.1 Å². The van der Waals surface area contributed by atoms with Crippen molar-refractivity contribution in [2.75, 3.05) is 20.1 Å². The van der Waals surface area contributed by atoms with Crippen molar-refractivity contribution < 1.29 is 13.2 Å². The van der Waals surface area contributed by atoms with Gasteiger partial charge in [0.2, 0.25) is 0 Å². The first kappa shape index (κ1) is 22.8. The molecule has 0 saturated heterocycles. The van der Waals surface area contributed by atoms with Crippen molar-refractivity contribution in [2.24, 2.45) is 4.99 Å². The highest BCUT2D eigenvalue weighted by Crippen LogP contribution is 2.31. The summed E-state index contributed by atoms with van der Waals surface area (Å²) in [5.41, 5.74) is 0.0949. The lowest BCUT2D eigenvalue weighted by molar-refractivity contribution is -0.137. The Hall–Kier alpha value is -2.51. The van der Waals surface area contributed by atoms with Crippen LogP contribution in [-0.2, 0) is 12.7 Å². The Bertz CT molecular complexity index is 783. The summed E-state index contributed by atoms with van der Waals surface area (Å²) in [6.45, 7) is 6.30. The van der Waals surface area contributed by atoms with Gasteiger partial charge in [0.25, 0.3) is 0 Å². The SMILES string of the molecule is CN=C(NCCCCn1ccnc1C)NCCC(C)c1cccc(C(F)(F)F)c1. The molecule has 2 rings (SSSR count). The molecule has 8 heteroatoms. The molecule has 160 valence electrons. The smallest absolute Gasteiger partial charge is 0.356 e. The molecule has 5 nitrogen and oxygen atoms in total. The molecule has 0 aliphatic heterocycles. The van der Waals surface area contributed by atoms with Gasteiger partial charge in [-0.3, -0.25) is 4.99 Å². The fraction of sp³-hybridized carbons (Fsp3) is 0.524. The number of benzene rings is 1. The van der Waals surface area contributed by atoms with E-state index in [4.69, 9.17) is 0 Å². The first-order valence-corrected chi connectivity index (χ1v) is 9.90. The maximum atomic E-state index is 12.9. The summed E-state index contributed by atoms with van der Waals surface area (Å²) in [6.07, 6.45) is 2.22. The van der Waals surface area contributed by atoms with Crippen LogP contribution in [0.25, 0.3) is 0 Å². The second-order valence-electron chi connectivity index (χ2n) is 7.11. The molecule has 0 aliphatic rings. The number of nitrogens with one attached hydrogen (secondary N) is 2. The molecule has 0 bridgehead atoms. The van der Waals surface area contributed by atoms with Gasteiger partial charge in [0.15, 0.2) is 5.96 Å². The summed E-state index contributed by atoms with van der Waals surface area (Å²) in [7, 11) is 1.71. The number of imidazole rings is 1. The summed E-state index contributed by atoms with van der Waals surface area (Å²) < 4.78 is 40.7. The average molecular weight is 410 g/mol. The lowest BCUT2D eigenvalue weighted by Crippen LogP contribution is -2.38. The number of unbranched alkanes of at least 4 members (excludes halogenated alkanes) is 1. The van der Waals surface area contributed by atoms with E-state index in [-0.39, 0.29) is 5.92 Å². The van der Waals surface area contributed by atoms with Crippen molar-refractivity contribution in [1.29, 1.82) is 0 Å². The van der Waals surface area contributed by atoms with Crippen molar-refractivity contribution in [3.8, 4) is 0 Å². The number of aliphatic imine (C=N–C) groups is 1. The maximum absolute atomic E-state index is 12.9. The molecular weight excluding hydrogens is 379 g/mol. The quantitative estimate of drug-likeness (QED) is 0.368. The van der Waals surface area contributed by atoms with Crippen molar-refractivity contribution in [1.82, 2.24) is 20.2 Å². The minimum absolute atomic E-state index is 0.0151. The molecule has 2 N–H and O–H groups in total. The zero-order valence-electron chi connectivity index (χ0n) is 17.3. The molecule has 0 aliphatic carbocycles. The molecule has 1 atom stereocenters. The summed E-state index contributed by atoms with van der Waals surface area (Å²) in [4.78, 5) is 8.40.